The van der Waals surface area contributed by atoms with E-state index in [1.165, 1.54) is 24.3 Å². The van der Waals surface area contributed by atoms with E-state index in [1.54, 1.807) is 0 Å². The van der Waals surface area contributed by atoms with Crippen molar-refractivity contribution >= 4 is 12.6 Å². The summed E-state index contributed by atoms with van der Waals surface area (Å²) < 4.78 is 12.2. The topological polar surface area (TPSA) is 40.5 Å². The number of benzene rings is 1. The molecule has 0 heterocycles. The van der Waals surface area contributed by atoms with Gasteiger partial charge in [-0.3, -0.25) is 0 Å². The van der Waals surface area contributed by atoms with Gasteiger partial charge in [-0.2, -0.15) is 0 Å². The molecule has 1 aromatic rings. The van der Waals surface area contributed by atoms with Crippen molar-refractivity contribution in [2.45, 2.75) is 0 Å². The highest BCUT2D eigenvalue weighted by Gasteiger charge is 2.08. The van der Waals surface area contributed by atoms with Crippen molar-refractivity contribution in [2.75, 3.05) is 0 Å². The summed E-state index contributed by atoms with van der Waals surface area (Å²) in [7, 11) is -1.51. The monoisotopic (exact) mass is 144 g/mol. The molecule has 4 heteroatoms. The second kappa shape index (κ2) is 2.81. The zero-order valence-electron chi connectivity index (χ0n) is 5.16. The average Bonchev–Trinajstić information content (AvgIpc) is 1.88. The maximum absolute atomic E-state index is 12.2. The van der Waals surface area contributed by atoms with E-state index >= 15 is 0 Å². The Morgan fingerprint density at radius 3 is 2.10 bits per heavy atom. The third-order valence-corrected chi connectivity index (χ3v) is 1.17. The Hall–Kier alpha value is -0.865. The fraction of sp³-hybridized carbons (Fsp3) is 0. The van der Waals surface area contributed by atoms with Crippen molar-refractivity contribution in [3.05, 3.63) is 30.1 Å². The normalized spacial score (nSPS) is 9.50. The van der Waals surface area contributed by atoms with E-state index in [1.807, 2.05) is 0 Å². The molecule has 0 saturated heterocycles. The summed E-state index contributed by atoms with van der Waals surface area (Å²) in [6.07, 6.45) is 0. The smallest absolute Gasteiger partial charge is 0.423 e. The van der Waals surface area contributed by atoms with Crippen LogP contribution in [0.2, 0.25) is 0 Å². The molecular weight excluding hydrogens is 134 g/mol. The highest BCUT2D eigenvalue weighted by molar-refractivity contribution is 6.58. The molecular formula is C6H10BFO2. The standard InChI is InChI=1S/C6H6BFO2.2H2/c8-6-3-1-5(2-4-6)7(9)10;;/h1-4,9-10H;2*1H. The van der Waals surface area contributed by atoms with Gasteiger partial charge in [0.05, 0.1) is 0 Å². The van der Waals surface area contributed by atoms with Crippen LogP contribution < -0.4 is 5.46 Å². The molecule has 2 nitrogen and oxygen atoms in total. The Morgan fingerprint density at radius 2 is 1.70 bits per heavy atom. The van der Waals surface area contributed by atoms with Crippen LogP contribution in [0.1, 0.15) is 2.85 Å². The molecule has 0 fully saturated rings. The molecule has 2 N–H and O–H groups in total. The van der Waals surface area contributed by atoms with Crippen LogP contribution in [0.5, 0.6) is 0 Å². The van der Waals surface area contributed by atoms with Crippen LogP contribution in [0.4, 0.5) is 4.39 Å². The molecule has 0 aliphatic heterocycles. The quantitative estimate of drug-likeness (QED) is 0.544. The highest BCUT2D eigenvalue weighted by Crippen LogP contribution is 1.92. The van der Waals surface area contributed by atoms with E-state index in [2.05, 4.69) is 0 Å². The Balaban J connectivity index is 0. The van der Waals surface area contributed by atoms with Gasteiger partial charge in [0.25, 0.3) is 0 Å². The minimum Gasteiger partial charge on any atom is -0.423 e. The third-order valence-electron chi connectivity index (χ3n) is 1.17. The summed E-state index contributed by atoms with van der Waals surface area (Å²) in [5, 5.41) is 17.1. The van der Waals surface area contributed by atoms with Gasteiger partial charge in [0, 0.05) is 2.85 Å². The SMILES string of the molecule is OB(O)c1ccc(F)cc1.[HH].[HH]. The molecule has 0 bridgehead atoms. The summed E-state index contributed by atoms with van der Waals surface area (Å²) in [4.78, 5) is 0. The van der Waals surface area contributed by atoms with Crippen LogP contribution in [0.25, 0.3) is 0 Å². The van der Waals surface area contributed by atoms with Gasteiger partial charge in [0.15, 0.2) is 0 Å². The fourth-order valence-corrected chi connectivity index (χ4v) is 0.635. The van der Waals surface area contributed by atoms with Gasteiger partial charge in [-0.05, 0) is 17.6 Å². The van der Waals surface area contributed by atoms with E-state index < -0.39 is 7.12 Å². The number of hydrogen-bond acceptors (Lipinski definition) is 2. The molecule has 0 aromatic heterocycles. The molecule has 0 unspecified atom stereocenters. The van der Waals surface area contributed by atoms with Gasteiger partial charge < -0.3 is 10.0 Å². The van der Waals surface area contributed by atoms with Gasteiger partial charge in [0.1, 0.15) is 5.82 Å². The van der Waals surface area contributed by atoms with Gasteiger partial charge in [-0.25, -0.2) is 4.39 Å². The van der Waals surface area contributed by atoms with Crippen LogP contribution in [0.3, 0.4) is 0 Å². The largest absolute Gasteiger partial charge is 0.488 e. The van der Waals surface area contributed by atoms with Gasteiger partial charge in [0.2, 0.25) is 0 Å². The van der Waals surface area contributed by atoms with E-state index in [0.29, 0.717) is 5.46 Å². The molecule has 10 heavy (non-hydrogen) atoms. The third kappa shape index (κ3) is 1.56. The summed E-state index contributed by atoms with van der Waals surface area (Å²) in [5.41, 5.74) is 0.293. The minimum absolute atomic E-state index is 0. The molecule has 0 amide bonds. The Kier molecular flexibility index (Phi) is 2.04. The first kappa shape index (κ1) is 7.24. The Labute approximate surface area is 61.0 Å². The molecule has 0 spiro atoms. The van der Waals surface area contributed by atoms with E-state index in [9.17, 15) is 4.39 Å². The fourth-order valence-electron chi connectivity index (χ4n) is 0.635. The predicted octanol–water partition coefficient (Wildman–Crippen LogP) is -0.00250. The lowest BCUT2D eigenvalue weighted by atomic mass is 9.80. The summed E-state index contributed by atoms with van der Waals surface area (Å²) >= 11 is 0. The highest BCUT2D eigenvalue weighted by atomic mass is 19.1. The molecule has 0 aliphatic carbocycles. The van der Waals surface area contributed by atoms with Crippen LogP contribution in [0.15, 0.2) is 24.3 Å². The zero-order chi connectivity index (χ0) is 7.56. The van der Waals surface area contributed by atoms with Crippen molar-refractivity contribution in [1.82, 2.24) is 0 Å². The molecule has 0 radical (unpaired) electrons. The van der Waals surface area contributed by atoms with Crippen molar-refractivity contribution < 1.29 is 17.3 Å². The van der Waals surface area contributed by atoms with Crippen LogP contribution in [-0.4, -0.2) is 17.2 Å². The molecule has 1 rings (SSSR count). The second-order valence-corrected chi connectivity index (χ2v) is 1.93. The Morgan fingerprint density at radius 1 is 1.20 bits per heavy atom. The summed E-state index contributed by atoms with van der Waals surface area (Å²) in [5.74, 6) is -0.385. The average molecular weight is 144 g/mol. The maximum atomic E-state index is 12.2. The molecule has 1 aromatic carbocycles. The second-order valence-electron chi connectivity index (χ2n) is 1.93. The van der Waals surface area contributed by atoms with E-state index in [4.69, 9.17) is 10.0 Å². The number of rotatable bonds is 1. The lowest BCUT2D eigenvalue weighted by Gasteiger charge is -1.95. The van der Waals surface area contributed by atoms with Crippen LogP contribution >= 0.6 is 0 Å². The zero-order valence-corrected chi connectivity index (χ0v) is 5.16. The minimum atomic E-state index is -1.51. The first-order valence-electron chi connectivity index (χ1n) is 2.82. The summed E-state index contributed by atoms with van der Waals surface area (Å²) in [6.45, 7) is 0. The van der Waals surface area contributed by atoms with Crippen LogP contribution in [-0.2, 0) is 0 Å². The van der Waals surface area contributed by atoms with E-state index in [-0.39, 0.29) is 8.67 Å². The van der Waals surface area contributed by atoms with Crippen molar-refractivity contribution in [1.29, 1.82) is 0 Å². The molecule has 0 aliphatic rings. The van der Waals surface area contributed by atoms with Gasteiger partial charge >= 0.3 is 7.12 Å². The lowest BCUT2D eigenvalue weighted by molar-refractivity contribution is 0.425. The maximum Gasteiger partial charge on any atom is 0.488 e. The van der Waals surface area contributed by atoms with Gasteiger partial charge in [-0.1, -0.05) is 12.1 Å². The molecule has 0 saturated carbocycles. The van der Waals surface area contributed by atoms with Crippen LogP contribution in [0, 0.1) is 5.82 Å². The first-order chi connectivity index (χ1) is 4.70. The van der Waals surface area contributed by atoms with E-state index in [0.717, 1.165) is 0 Å². The first-order valence-corrected chi connectivity index (χ1v) is 2.82. The molecule has 0 atom stereocenters. The molecule has 56 valence electrons. The van der Waals surface area contributed by atoms with Gasteiger partial charge in [-0.15, -0.1) is 0 Å². The lowest BCUT2D eigenvalue weighted by Crippen LogP contribution is -2.29. The predicted molar refractivity (Wildman–Crippen MR) is 40.5 cm³/mol. The van der Waals surface area contributed by atoms with Crippen molar-refractivity contribution in [3.8, 4) is 0 Å². The number of halogens is 1. The van der Waals surface area contributed by atoms with Crippen molar-refractivity contribution in [3.63, 3.8) is 0 Å². The summed E-state index contributed by atoms with van der Waals surface area (Å²) in [6, 6.07) is 4.99. The number of hydrogen-bond donors (Lipinski definition) is 2. The Bertz CT molecular complexity index is 217. The van der Waals surface area contributed by atoms with Crippen molar-refractivity contribution in [2.24, 2.45) is 0 Å².